The zero-order chi connectivity index (χ0) is 45.0. The summed E-state index contributed by atoms with van der Waals surface area (Å²) >= 11 is 2.94. The molecule has 4 heteroatoms. The van der Waals surface area contributed by atoms with E-state index in [0.29, 0.717) is 0 Å². The summed E-state index contributed by atoms with van der Waals surface area (Å²) in [5, 5.41) is 5.41. The van der Waals surface area contributed by atoms with E-state index in [-0.39, 0.29) is 10.8 Å². The molecule has 3 nitrogen and oxygen atoms in total. The number of rotatable bonds is 18. The van der Waals surface area contributed by atoms with Gasteiger partial charge in [0.1, 0.15) is 6.54 Å². The molecule has 0 unspecified atom stereocenters. The molecule has 0 amide bonds. The lowest BCUT2D eigenvalue weighted by Gasteiger charge is -2.27. The van der Waals surface area contributed by atoms with Crippen molar-refractivity contribution in [3.63, 3.8) is 0 Å². The largest absolute Gasteiger partial charge is 0.344 e. The standard InChI is InChI=1S/C52H68N3.2C2H6.CH3Br/c1-40(2)26-16-12-13-24-38-54-45-35-33-41-27-19-21-29-43(41)49(45)51(3,4)47(54)31-17-10-9-11-18-32-48-52(5,6)50-44-30-22-20-28-42(44)34-36-46(50)55(48)39-25-15-14-23-37-53(7)8;3*1-2/h9-11,17-22,27-36,40H,12-16,23-26,37-39H2,1-8H3;2*1-2H3;1H3/q+1;;;. The molecule has 2 aliphatic heterocycles. The molecule has 4 aromatic rings. The van der Waals surface area contributed by atoms with Crippen LogP contribution in [0, 0.1) is 5.92 Å². The van der Waals surface area contributed by atoms with Gasteiger partial charge in [-0.15, -0.1) is 0 Å². The van der Waals surface area contributed by atoms with Crippen LogP contribution in [0.3, 0.4) is 0 Å². The van der Waals surface area contributed by atoms with Gasteiger partial charge in [-0.25, -0.2) is 0 Å². The Hall–Kier alpha value is -3.73. The van der Waals surface area contributed by atoms with Crippen molar-refractivity contribution in [3.05, 3.63) is 132 Å². The highest BCUT2D eigenvalue weighted by atomic mass is 79.9. The molecule has 0 N–H and O–H groups in total. The van der Waals surface area contributed by atoms with E-state index in [4.69, 9.17) is 0 Å². The van der Waals surface area contributed by atoms with Crippen LogP contribution in [0.1, 0.15) is 138 Å². The van der Waals surface area contributed by atoms with E-state index in [1.54, 1.807) is 0 Å². The first-order valence-electron chi connectivity index (χ1n) is 23.7. The van der Waals surface area contributed by atoms with Gasteiger partial charge in [0.15, 0.2) is 5.71 Å². The third-order valence-corrected chi connectivity index (χ3v) is 12.1. The van der Waals surface area contributed by atoms with E-state index in [0.717, 1.165) is 19.0 Å². The Morgan fingerprint density at radius 2 is 1.18 bits per heavy atom. The zero-order valence-electron chi connectivity index (χ0n) is 40.8. The van der Waals surface area contributed by atoms with E-state index in [1.807, 2.05) is 33.5 Å². The minimum Gasteiger partial charge on any atom is -0.344 e. The first-order chi connectivity index (χ1) is 29.5. The van der Waals surface area contributed by atoms with Gasteiger partial charge in [-0.2, -0.15) is 4.58 Å². The molecule has 4 aromatic carbocycles. The van der Waals surface area contributed by atoms with Crippen LogP contribution in [0.15, 0.2) is 121 Å². The Morgan fingerprint density at radius 1 is 0.623 bits per heavy atom. The van der Waals surface area contributed by atoms with Crippen molar-refractivity contribution < 1.29 is 4.58 Å². The normalized spacial score (nSPS) is 15.8. The predicted molar refractivity (Wildman–Crippen MR) is 279 cm³/mol. The SMILES string of the molecule is CBr.CC.CC.CC(C)CCCCCC[N+]1=C(/C=C/C=C/C=C/C=C2/N(CCCCCCN(C)C)c3ccc4ccccc4c3C2(C)C)C(C)(C)c2c1ccc1ccccc21. The molecule has 0 aromatic heterocycles. The van der Waals surface area contributed by atoms with Gasteiger partial charge < -0.3 is 9.80 Å². The van der Waals surface area contributed by atoms with Crippen LogP contribution >= 0.6 is 15.9 Å². The number of fused-ring (bicyclic) bond motifs is 6. The third-order valence-electron chi connectivity index (χ3n) is 12.1. The van der Waals surface area contributed by atoms with Crippen molar-refractivity contribution in [1.29, 1.82) is 0 Å². The molecule has 2 heterocycles. The average molecular weight is 890 g/mol. The minimum absolute atomic E-state index is 0.0819. The summed E-state index contributed by atoms with van der Waals surface area (Å²) in [6.07, 6.45) is 27.4. The van der Waals surface area contributed by atoms with Crippen molar-refractivity contribution in [2.75, 3.05) is 44.5 Å². The van der Waals surface area contributed by atoms with Gasteiger partial charge in [-0.1, -0.05) is 188 Å². The highest BCUT2D eigenvalue weighted by Crippen LogP contribution is 2.51. The lowest BCUT2D eigenvalue weighted by Crippen LogP contribution is -2.28. The lowest BCUT2D eigenvalue weighted by atomic mass is 9.79. The van der Waals surface area contributed by atoms with E-state index >= 15 is 0 Å². The van der Waals surface area contributed by atoms with Gasteiger partial charge in [0.25, 0.3) is 0 Å². The van der Waals surface area contributed by atoms with Crippen LogP contribution in [-0.4, -0.2) is 54.7 Å². The van der Waals surface area contributed by atoms with Crippen LogP contribution in [0.25, 0.3) is 21.5 Å². The summed E-state index contributed by atoms with van der Waals surface area (Å²) in [5.74, 6) is 2.61. The molecule has 2 aliphatic rings. The molecule has 61 heavy (non-hydrogen) atoms. The molecule has 0 saturated heterocycles. The number of hydrogen-bond donors (Lipinski definition) is 0. The van der Waals surface area contributed by atoms with Gasteiger partial charge >= 0.3 is 0 Å². The monoisotopic (exact) mass is 889 g/mol. The molecule has 0 radical (unpaired) electrons. The molecule has 0 atom stereocenters. The molecule has 0 aliphatic carbocycles. The summed E-state index contributed by atoms with van der Waals surface area (Å²) in [6.45, 7) is 25.6. The molecule has 0 saturated carbocycles. The summed E-state index contributed by atoms with van der Waals surface area (Å²) < 4.78 is 2.62. The van der Waals surface area contributed by atoms with Gasteiger partial charge in [-0.05, 0) is 111 Å². The number of alkyl halides is 1. The van der Waals surface area contributed by atoms with Crippen molar-refractivity contribution in [1.82, 2.24) is 4.90 Å². The second-order valence-electron chi connectivity index (χ2n) is 17.8. The Bertz CT molecular complexity index is 2090. The molecular formula is C57H83BrN3+. The van der Waals surface area contributed by atoms with Gasteiger partial charge in [0, 0.05) is 47.5 Å². The quantitative estimate of drug-likeness (QED) is 0.0426. The molecule has 0 bridgehead atoms. The van der Waals surface area contributed by atoms with Gasteiger partial charge in [0.05, 0.1) is 5.41 Å². The number of halogens is 1. The Labute approximate surface area is 382 Å². The number of hydrogen-bond acceptors (Lipinski definition) is 2. The summed E-state index contributed by atoms with van der Waals surface area (Å²) in [4.78, 5) is 4.91. The van der Waals surface area contributed by atoms with E-state index in [9.17, 15) is 0 Å². The van der Waals surface area contributed by atoms with Crippen LogP contribution in [0.5, 0.6) is 0 Å². The van der Waals surface area contributed by atoms with Crippen LogP contribution in [0.2, 0.25) is 0 Å². The maximum absolute atomic E-state index is 2.94. The van der Waals surface area contributed by atoms with E-state index in [1.165, 1.54) is 120 Å². The third kappa shape index (κ3) is 13.1. The summed E-state index contributed by atoms with van der Waals surface area (Å²) in [5.41, 5.74) is 8.30. The number of benzene rings is 4. The van der Waals surface area contributed by atoms with Crippen molar-refractivity contribution >= 4 is 54.6 Å². The lowest BCUT2D eigenvalue weighted by molar-refractivity contribution is -0.438. The Balaban J connectivity index is 0.00000158. The Morgan fingerprint density at radius 3 is 1.84 bits per heavy atom. The average Bonchev–Trinajstić information content (AvgIpc) is 3.62. The number of allylic oxidation sites excluding steroid dienone is 8. The predicted octanol–water partition coefficient (Wildman–Crippen LogP) is 16.5. The molecular weight excluding hydrogens is 807 g/mol. The van der Waals surface area contributed by atoms with Crippen LogP contribution < -0.4 is 4.90 Å². The van der Waals surface area contributed by atoms with Crippen molar-refractivity contribution in [2.45, 2.75) is 138 Å². The number of nitrogens with zero attached hydrogens (tertiary/aromatic N) is 3. The zero-order valence-corrected chi connectivity index (χ0v) is 42.3. The first kappa shape index (κ1) is 51.6. The molecule has 6 rings (SSSR count). The van der Waals surface area contributed by atoms with E-state index in [2.05, 4.69) is 201 Å². The fraction of sp³-hybridized carbons (Fsp3) is 0.491. The number of unbranched alkanes of at least 4 members (excludes halogenated alkanes) is 6. The van der Waals surface area contributed by atoms with Crippen LogP contribution in [-0.2, 0) is 10.8 Å². The number of anilines is 1. The van der Waals surface area contributed by atoms with E-state index < -0.39 is 0 Å². The topological polar surface area (TPSA) is 9.49 Å². The minimum atomic E-state index is -0.0865. The second-order valence-corrected chi connectivity index (χ2v) is 17.8. The summed E-state index contributed by atoms with van der Waals surface area (Å²) in [7, 11) is 4.34. The van der Waals surface area contributed by atoms with Gasteiger partial charge in [0.2, 0.25) is 5.69 Å². The fourth-order valence-electron chi connectivity index (χ4n) is 9.27. The second kappa shape index (κ2) is 26.0. The molecule has 0 fully saturated rings. The highest BCUT2D eigenvalue weighted by Gasteiger charge is 2.45. The highest BCUT2D eigenvalue weighted by molar-refractivity contribution is 9.08. The molecule has 0 spiro atoms. The Kier molecular flexibility index (Phi) is 22.0. The summed E-state index contributed by atoms with van der Waals surface area (Å²) in [6, 6.07) is 27.2. The molecule has 332 valence electrons. The fourth-order valence-corrected chi connectivity index (χ4v) is 9.27. The maximum Gasteiger partial charge on any atom is 0.210 e. The van der Waals surface area contributed by atoms with Crippen LogP contribution in [0.4, 0.5) is 11.4 Å². The van der Waals surface area contributed by atoms with Crippen molar-refractivity contribution in [2.24, 2.45) is 5.92 Å². The first-order valence-corrected chi connectivity index (χ1v) is 25.3. The van der Waals surface area contributed by atoms with Gasteiger partial charge in [-0.3, -0.25) is 0 Å². The van der Waals surface area contributed by atoms with Crippen molar-refractivity contribution in [3.8, 4) is 0 Å². The smallest absolute Gasteiger partial charge is 0.210 e. The maximum atomic E-state index is 2.94.